The zero-order chi connectivity index (χ0) is 102. The summed E-state index contributed by atoms with van der Waals surface area (Å²) in [6.45, 7) is 43.2. The fourth-order valence-corrected chi connectivity index (χ4v) is 19.3. The van der Waals surface area contributed by atoms with Crippen LogP contribution in [0.1, 0.15) is 178 Å². The zero-order valence-electron chi connectivity index (χ0n) is 85.0. The summed E-state index contributed by atoms with van der Waals surface area (Å²) >= 11 is 25.9. The molecule has 0 spiro atoms. The molecule has 0 unspecified atom stereocenters. The molecule has 4 aliphatic rings. The van der Waals surface area contributed by atoms with Crippen molar-refractivity contribution in [2.75, 3.05) is 209 Å². The number of methoxy groups -OCH3 is 4. The topological polar surface area (TPSA) is 400 Å². The Bertz CT molecular complexity index is 6800. The molecular weight excluding hydrogens is 1940 g/mol. The number of hydrogen-bond acceptors (Lipinski definition) is 28. The SMILES string of the molecule is C.C.C.C.CCN1CCN(CCCC#Cc2cn(Cc3ncc(C)c(OC)c3C)c3nc(N)nc(Cl)c23)CC1.CCNC(=O)N1CCN(CCCC#Cc2cn(Cc3ncc(C)c(OC)c3C)c3nc(N)nc(Cl)c23)CC1.CNC(=O)N1CCN(CCC#Cc2cn(Cc3ncc(C)c(OC)c3C)c3nc(N)nc(Cl)c23)CC1.COc1c(C)cnc(Cn2cc(C#CCCCN3CCN(C)CC3)c3c(Cl)nc(N)nc32)c1C. The summed E-state index contributed by atoms with van der Waals surface area (Å²) in [5.41, 5.74) is 40.7. The number of rotatable bonds is 25. The Morgan fingerprint density at radius 2 is 0.612 bits per heavy atom. The van der Waals surface area contributed by atoms with Gasteiger partial charge in [0.2, 0.25) is 23.8 Å². The highest BCUT2D eigenvalue weighted by atomic mass is 35.5. The lowest BCUT2D eigenvalue weighted by Crippen LogP contribution is -2.51. The number of nitrogens with zero attached hydrogens (tertiary/aromatic N) is 24. The molecule has 790 valence electrons. The number of pyridine rings is 4. The van der Waals surface area contributed by atoms with Crippen LogP contribution in [-0.4, -0.2) is 316 Å². The molecule has 16 heterocycles. The number of ether oxygens (including phenoxy) is 4. The number of aromatic nitrogens is 16. The van der Waals surface area contributed by atoms with Gasteiger partial charge in [0.15, 0.2) is 0 Å². The van der Waals surface area contributed by atoms with Gasteiger partial charge in [0.25, 0.3) is 0 Å². The van der Waals surface area contributed by atoms with E-state index >= 15 is 0 Å². The van der Waals surface area contributed by atoms with Crippen LogP contribution < -0.4 is 52.5 Å². The number of halogens is 4. The van der Waals surface area contributed by atoms with Gasteiger partial charge in [0, 0.05) is 245 Å². The number of nitrogens with two attached hydrogens (primary N) is 4. The highest BCUT2D eigenvalue weighted by Gasteiger charge is 2.28. The van der Waals surface area contributed by atoms with Crippen LogP contribution in [0.3, 0.4) is 0 Å². The number of nitrogens with one attached hydrogen (secondary N) is 2. The maximum atomic E-state index is 12.0. The Labute approximate surface area is 886 Å². The van der Waals surface area contributed by atoms with Crippen molar-refractivity contribution in [3.05, 3.63) is 160 Å². The van der Waals surface area contributed by atoms with E-state index in [9.17, 15) is 9.59 Å². The number of likely N-dealkylation sites (N-methyl/N-ethyl adjacent to an activating group) is 2. The summed E-state index contributed by atoms with van der Waals surface area (Å²) in [5.74, 6) is 30.1. The van der Waals surface area contributed by atoms with E-state index in [-0.39, 0.29) is 75.9 Å². The van der Waals surface area contributed by atoms with Crippen molar-refractivity contribution < 1.29 is 28.5 Å². The Balaban J connectivity index is 0.000000216. The number of aryl methyl sites for hydroxylation is 4. The molecule has 10 N–H and O–H groups in total. The minimum atomic E-state index is -0.0277. The third kappa shape index (κ3) is 29.8. The van der Waals surface area contributed by atoms with Crippen LogP contribution in [0.25, 0.3) is 44.1 Å². The smallest absolute Gasteiger partial charge is 0.317 e. The molecule has 4 saturated heterocycles. The Kier molecular flexibility index (Phi) is 44.7. The number of fused-ring (bicyclic) bond motifs is 4. The number of carbonyl (C=O) groups excluding carboxylic acids is 2. The maximum Gasteiger partial charge on any atom is 0.317 e. The van der Waals surface area contributed by atoms with Crippen LogP contribution >= 0.6 is 46.4 Å². The quantitative estimate of drug-likeness (QED) is 0.0176. The van der Waals surface area contributed by atoms with E-state index in [1.165, 1.54) is 0 Å². The van der Waals surface area contributed by atoms with E-state index in [0.29, 0.717) is 95.9 Å². The van der Waals surface area contributed by atoms with Gasteiger partial charge in [-0.25, -0.2) is 29.5 Å². The van der Waals surface area contributed by atoms with Gasteiger partial charge in [0.1, 0.15) is 66.2 Å². The fourth-order valence-electron chi connectivity index (χ4n) is 18.3. The van der Waals surface area contributed by atoms with E-state index in [1.807, 2.05) is 134 Å². The van der Waals surface area contributed by atoms with Crippen molar-refractivity contribution in [2.24, 2.45) is 0 Å². The number of amides is 4. The van der Waals surface area contributed by atoms with Gasteiger partial charge in [-0.05, 0) is 115 Å². The molecule has 0 aliphatic carbocycles. The molecule has 0 atom stereocenters. The van der Waals surface area contributed by atoms with Crippen molar-refractivity contribution in [1.82, 2.24) is 128 Å². The molecule has 0 radical (unpaired) electrons. The molecule has 147 heavy (non-hydrogen) atoms. The van der Waals surface area contributed by atoms with Crippen molar-refractivity contribution in [3.63, 3.8) is 0 Å². The molecule has 4 amide bonds. The molecule has 0 bridgehead atoms. The van der Waals surface area contributed by atoms with E-state index in [4.69, 9.17) is 88.3 Å². The molecule has 36 nitrogen and oxygen atoms in total. The molecule has 0 aromatic carbocycles. The van der Waals surface area contributed by atoms with Crippen LogP contribution in [0, 0.1) is 103 Å². The number of piperazine rings is 4. The minimum Gasteiger partial charge on any atom is -0.496 e. The second kappa shape index (κ2) is 55.8. The van der Waals surface area contributed by atoms with Crippen molar-refractivity contribution >= 4 is 126 Å². The average molecular weight is 2090 g/mol. The molecule has 16 rings (SSSR count). The number of unbranched alkanes of at least 4 members (excludes halogenated alkanes) is 3. The first-order chi connectivity index (χ1) is 68.9. The Hall–Kier alpha value is -12.8. The molecule has 4 aliphatic heterocycles. The van der Waals surface area contributed by atoms with E-state index in [2.05, 4.69) is 161 Å². The molecule has 0 saturated carbocycles. The largest absolute Gasteiger partial charge is 0.496 e. The Morgan fingerprint density at radius 3 is 0.878 bits per heavy atom. The summed E-state index contributed by atoms with van der Waals surface area (Å²) in [6, 6.07) is -0.00549. The third-order valence-electron chi connectivity index (χ3n) is 26.2. The number of anilines is 4. The first-order valence-electron chi connectivity index (χ1n) is 48.4. The lowest BCUT2D eigenvalue weighted by molar-refractivity contribution is 0.136. The maximum absolute atomic E-state index is 12.0. The van der Waals surface area contributed by atoms with Gasteiger partial charge in [-0.2, -0.15) is 19.9 Å². The summed E-state index contributed by atoms with van der Waals surface area (Å²) < 4.78 is 30.1. The van der Waals surface area contributed by atoms with Crippen molar-refractivity contribution in [2.45, 2.75) is 170 Å². The summed E-state index contributed by atoms with van der Waals surface area (Å²) in [5, 5.41) is 9.54. The second-order valence-corrected chi connectivity index (χ2v) is 37.3. The average Bonchev–Trinajstić information content (AvgIpc) is 1.64. The first-order valence-corrected chi connectivity index (χ1v) is 49.9. The minimum absolute atomic E-state index is 0. The molecular formula is C107H148Cl4N30O6. The monoisotopic (exact) mass is 2090 g/mol. The summed E-state index contributed by atoms with van der Waals surface area (Å²) in [6.07, 6.45) is 21.2. The predicted molar refractivity (Wildman–Crippen MR) is 594 cm³/mol. The van der Waals surface area contributed by atoms with Crippen LogP contribution in [-0.2, 0) is 26.2 Å². The van der Waals surface area contributed by atoms with Crippen molar-refractivity contribution in [3.8, 4) is 70.4 Å². The van der Waals surface area contributed by atoms with Crippen LogP contribution in [0.5, 0.6) is 23.0 Å². The van der Waals surface area contributed by atoms with Gasteiger partial charge in [-0.1, -0.05) is 130 Å². The lowest BCUT2D eigenvalue weighted by Gasteiger charge is -2.34. The van der Waals surface area contributed by atoms with Gasteiger partial charge in [0.05, 0.1) is 121 Å². The lowest BCUT2D eigenvalue weighted by atomic mass is 10.1. The van der Waals surface area contributed by atoms with Crippen LogP contribution in [0.15, 0.2) is 49.6 Å². The molecule has 12 aromatic heterocycles. The standard InChI is InChI=1S/C27H35ClN8O2.C26H34ClN7O.C25H31ClN8O2.C25H32ClN7O.4CH4/c1-5-30-27(37)35-13-11-34(12-14-35)10-8-6-7-9-20-16-36(25-22(20)24(28)32-26(29)33-25)17-21-19(3)23(38-4)18(2)15-31-21;1-5-32-11-13-33(14-12-32)10-8-6-7-9-20-16-34(25-22(20)24(27)30-26(28)31-25)17-21-19(3)23(35-4)18(2)15-29-21;1-16-13-29-19(17(2)21(16)36-4)15-34-14-18(20-22(26)30-24(27)31-23(20)34)7-5-6-8-32-9-11-33(12-10-32)25(35)28-3;1-17-14-28-20(18(2)22(17)34-4)16-33-15-19(21-23(26)29-25(27)30-24(21)33)8-6-5-7-9-32-12-10-31(3)11-13-32;;;;/h15-16H,5-6,8,10-14,17H2,1-4H3,(H,30,37)(H2,29,32,33);15-16H,5-6,8,10-14,17H2,1-4H3,(H2,28,30,31);13-14H,6,8-12,15H2,1-4H3,(H,28,35)(H2,27,30,31);14-15H,5,7,9-13,16H2,1-4H3,(H2,27,29,30);4*1H4. The highest BCUT2D eigenvalue weighted by molar-refractivity contribution is 6.36. The molecule has 12 aromatic rings. The van der Waals surface area contributed by atoms with Gasteiger partial charge < -0.3 is 100 Å². The van der Waals surface area contributed by atoms with Crippen LogP contribution in [0.2, 0.25) is 20.6 Å². The second-order valence-electron chi connectivity index (χ2n) is 35.9. The van der Waals surface area contributed by atoms with Crippen molar-refractivity contribution in [1.29, 1.82) is 0 Å². The van der Waals surface area contributed by atoms with E-state index in [1.54, 1.807) is 41.7 Å². The number of urea groups is 2. The van der Waals surface area contributed by atoms with Gasteiger partial charge in [-0.15, -0.1) is 0 Å². The molecule has 40 heteroatoms. The van der Waals surface area contributed by atoms with Gasteiger partial charge in [-0.3, -0.25) is 29.7 Å². The normalized spacial score (nSPS) is 14.0. The summed E-state index contributed by atoms with van der Waals surface area (Å²) in [4.78, 5) is 95.0. The fraction of sp³-hybridized carbons (Fsp3) is 0.495. The van der Waals surface area contributed by atoms with Crippen LogP contribution in [0.4, 0.5) is 33.4 Å². The number of carbonyl (C=O) groups is 2. The number of nitrogen functional groups attached to an aromatic ring is 4. The highest BCUT2D eigenvalue weighted by Crippen LogP contribution is 2.36. The zero-order valence-corrected chi connectivity index (χ0v) is 88.0. The Morgan fingerprint density at radius 1 is 0.361 bits per heavy atom. The van der Waals surface area contributed by atoms with E-state index < -0.39 is 0 Å². The predicted octanol–water partition coefficient (Wildman–Crippen LogP) is 14.8. The molecule has 4 fully saturated rings. The van der Waals surface area contributed by atoms with Gasteiger partial charge >= 0.3 is 12.1 Å². The summed E-state index contributed by atoms with van der Waals surface area (Å²) in [7, 11) is 10.5. The van der Waals surface area contributed by atoms with E-state index in [0.717, 1.165) is 286 Å². The first kappa shape index (κ1) is 118. The third-order valence-corrected chi connectivity index (χ3v) is 27.3. The number of hydrogen-bond donors (Lipinski definition) is 6.